The molecule has 0 aliphatic carbocycles. The highest BCUT2D eigenvalue weighted by molar-refractivity contribution is 6.62. The average Bonchev–Trinajstić information content (AvgIpc) is 3.60. The minimum atomic E-state index is -1.10. The highest BCUT2D eigenvalue weighted by Crippen LogP contribution is 2.41. The van der Waals surface area contributed by atoms with Crippen LogP contribution in [-0.2, 0) is 19.4 Å². The molecular formula is C47H61B2N4O4. The molecule has 2 atom stereocenters. The molecule has 0 saturated carbocycles. The molecule has 8 nitrogen and oxygen atoms in total. The van der Waals surface area contributed by atoms with Gasteiger partial charge in [-0.2, -0.15) is 0 Å². The first-order valence-corrected chi connectivity index (χ1v) is 20.0. The first-order valence-electron chi connectivity index (χ1n) is 20.0. The zero-order valence-corrected chi connectivity index (χ0v) is 36.6. The van der Waals surface area contributed by atoms with Crippen molar-refractivity contribution in [2.75, 3.05) is 0 Å². The van der Waals surface area contributed by atoms with Gasteiger partial charge in [-0.15, -0.1) is 0 Å². The van der Waals surface area contributed by atoms with Gasteiger partial charge in [-0.05, 0) is 121 Å². The molecule has 1 saturated heterocycles. The lowest BCUT2D eigenvalue weighted by atomic mass is 9.77. The van der Waals surface area contributed by atoms with Gasteiger partial charge in [-0.25, -0.2) is 4.98 Å². The van der Waals surface area contributed by atoms with Crippen LogP contribution in [0.1, 0.15) is 143 Å². The first kappa shape index (κ1) is 42.4. The largest absolute Gasteiger partial charge is 0.494 e. The van der Waals surface area contributed by atoms with E-state index in [1.54, 1.807) is 21.3 Å². The number of benzene rings is 1. The molecule has 3 aromatic heterocycles. The maximum atomic E-state index is 10.9. The fraction of sp³-hybridized carbons (Fsp3) is 0.447. The maximum Gasteiger partial charge on any atom is 0.494 e. The lowest BCUT2D eigenvalue weighted by Gasteiger charge is -2.37. The molecule has 57 heavy (non-hydrogen) atoms. The maximum absolute atomic E-state index is 10.9. The first-order chi connectivity index (χ1) is 26.3. The molecule has 3 N–H and O–H groups in total. The summed E-state index contributed by atoms with van der Waals surface area (Å²) in [6, 6.07) is 12.7. The minimum Gasteiger partial charge on any atom is -0.427 e. The summed E-state index contributed by atoms with van der Waals surface area (Å²) in [6.45, 7) is 41.6. The average molecular weight is 768 g/mol. The fourth-order valence-corrected chi connectivity index (χ4v) is 7.14. The Morgan fingerprint density at radius 1 is 0.860 bits per heavy atom. The van der Waals surface area contributed by atoms with E-state index in [4.69, 9.17) is 23.9 Å². The standard InChI is InChI=1S/C47H61B2N4O4/c1-18-33-29(6)50-28(5)26(3)37-24-32(49-56-46(14,15)47(16,17)57-49)25-38(51-37)27(4)41-34(19-2)35-20-30(43(7,8)9)21-36(42(35)53-41)40-23-31(22-39(33)52-40)48-55-45(12,13)44(10,11)54/h18-27,50,53-54H,1-2,5H2,3-4,6-17H3/b33-29-. The zero-order valence-electron chi connectivity index (χ0n) is 36.6. The molecule has 1 aromatic carbocycles. The van der Waals surface area contributed by atoms with E-state index in [1.165, 1.54) is 0 Å². The third kappa shape index (κ3) is 7.86. The summed E-state index contributed by atoms with van der Waals surface area (Å²) in [5.41, 5.74) is 9.19. The van der Waals surface area contributed by atoms with Gasteiger partial charge in [0.05, 0.1) is 39.3 Å². The van der Waals surface area contributed by atoms with Gasteiger partial charge in [0, 0.05) is 62.4 Å². The third-order valence-electron chi connectivity index (χ3n) is 12.6. The Labute approximate surface area is 341 Å². The van der Waals surface area contributed by atoms with Crippen LogP contribution in [0.15, 0.2) is 73.6 Å². The SMILES string of the molecule is C=C/C1=C(\C)NC(=C)C(C)c2cc(B3OC(C)(C)C(C)(C)O3)cc(n2)C(C)c2[nH]c3c(cc(C(C)(C)C)cc3c2C=C)-c2cc([B]OC(C)(C)C(C)(C)O)cc1n2. The number of hydrogen-bond donors (Lipinski definition) is 3. The Balaban J connectivity index is 1.66. The zero-order chi connectivity index (χ0) is 42.2. The van der Waals surface area contributed by atoms with Crippen molar-refractivity contribution in [3.63, 3.8) is 0 Å². The van der Waals surface area contributed by atoms with Crippen molar-refractivity contribution in [2.45, 2.75) is 137 Å². The topological polar surface area (TPSA) is 102 Å². The monoisotopic (exact) mass is 767 g/mol. The number of hydrogen-bond acceptors (Lipinski definition) is 7. The number of nitrogens with zero attached hydrogens (tertiary/aromatic N) is 2. The van der Waals surface area contributed by atoms with Gasteiger partial charge in [0.15, 0.2) is 0 Å². The van der Waals surface area contributed by atoms with E-state index < -0.39 is 29.5 Å². The van der Waals surface area contributed by atoms with Crippen LogP contribution in [0.2, 0.25) is 0 Å². The van der Waals surface area contributed by atoms with E-state index in [9.17, 15) is 5.11 Å². The van der Waals surface area contributed by atoms with Crippen LogP contribution < -0.4 is 16.2 Å². The molecule has 6 rings (SSSR count). The van der Waals surface area contributed by atoms with Gasteiger partial charge in [-0.3, -0.25) is 4.98 Å². The molecule has 6 bridgehead atoms. The van der Waals surface area contributed by atoms with E-state index in [2.05, 4.69) is 117 Å². The fourth-order valence-electron chi connectivity index (χ4n) is 7.14. The van der Waals surface area contributed by atoms with Gasteiger partial charge >= 0.3 is 14.6 Å². The molecule has 0 amide bonds. The molecule has 2 aliphatic rings. The van der Waals surface area contributed by atoms with Crippen LogP contribution in [-0.4, -0.2) is 57.1 Å². The van der Waals surface area contributed by atoms with E-state index >= 15 is 0 Å². The predicted molar refractivity (Wildman–Crippen MR) is 238 cm³/mol. The lowest BCUT2D eigenvalue weighted by Crippen LogP contribution is -2.49. The quantitative estimate of drug-likeness (QED) is 0.162. The van der Waals surface area contributed by atoms with Crippen LogP contribution in [0, 0.1) is 0 Å². The molecule has 1 fully saturated rings. The summed E-state index contributed by atoms with van der Waals surface area (Å²) in [5, 5.41) is 15.6. The van der Waals surface area contributed by atoms with Crippen LogP contribution >= 0.6 is 0 Å². The predicted octanol–water partition coefficient (Wildman–Crippen LogP) is 8.96. The summed E-state index contributed by atoms with van der Waals surface area (Å²) in [5.74, 6) is -0.371. The van der Waals surface area contributed by atoms with Gasteiger partial charge in [-0.1, -0.05) is 66.5 Å². The van der Waals surface area contributed by atoms with Crippen LogP contribution in [0.25, 0.3) is 33.8 Å². The second kappa shape index (κ2) is 14.6. The summed E-state index contributed by atoms with van der Waals surface area (Å²) in [7, 11) is 1.14. The lowest BCUT2D eigenvalue weighted by molar-refractivity contribution is -0.0893. The summed E-state index contributed by atoms with van der Waals surface area (Å²) in [6.07, 6.45) is 3.77. The van der Waals surface area contributed by atoms with Gasteiger partial charge in [0.2, 0.25) is 0 Å². The second-order valence-corrected chi connectivity index (χ2v) is 19.0. The molecule has 10 heteroatoms. The Kier molecular flexibility index (Phi) is 10.8. The second-order valence-electron chi connectivity index (χ2n) is 19.0. The third-order valence-corrected chi connectivity index (χ3v) is 12.6. The van der Waals surface area contributed by atoms with Crippen molar-refractivity contribution in [3.8, 4) is 11.3 Å². The number of aromatic amines is 1. The number of allylic oxidation sites excluding steroid dienone is 4. The Morgan fingerprint density at radius 2 is 1.46 bits per heavy atom. The van der Waals surface area contributed by atoms with Crippen LogP contribution in [0.5, 0.6) is 0 Å². The highest BCUT2D eigenvalue weighted by Gasteiger charge is 2.52. The number of H-pyrrole nitrogens is 1. The Bertz CT molecular complexity index is 2290. The smallest absolute Gasteiger partial charge is 0.427 e. The summed E-state index contributed by atoms with van der Waals surface area (Å²) >= 11 is 0. The number of pyridine rings is 2. The van der Waals surface area contributed by atoms with Gasteiger partial charge in [0.25, 0.3) is 0 Å². The number of aliphatic hydroxyl groups is 1. The van der Waals surface area contributed by atoms with Crippen molar-refractivity contribution >= 4 is 48.1 Å². The molecular weight excluding hydrogens is 706 g/mol. The van der Waals surface area contributed by atoms with Crippen molar-refractivity contribution in [3.05, 3.63) is 108 Å². The number of aromatic nitrogens is 3. The van der Waals surface area contributed by atoms with Gasteiger partial charge < -0.3 is 29.4 Å². The van der Waals surface area contributed by atoms with Gasteiger partial charge in [0.1, 0.15) is 0 Å². The van der Waals surface area contributed by atoms with E-state index in [-0.39, 0.29) is 17.3 Å². The van der Waals surface area contributed by atoms with Crippen molar-refractivity contribution in [1.82, 2.24) is 20.3 Å². The summed E-state index contributed by atoms with van der Waals surface area (Å²) in [4.78, 5) is 14.6. The molecule has 0 spiro atoms. The molecule has 4 aromatic rings. The number of nitrogens with one attached hydrogen (secondary N) is 2. The number of rotatable bonds is 7. The highest BCUT2D eigenvalue weighted by atomic mass is 16.7. The van der Waals surface area contributed by atoms with E-state index in [0.29, 0.717) is 5.69 Å². The van der Waals surface area contributed by atoms with Crippen molar-refractivity contribution < 1.29 is 19.1 Å². The van der Waals surface area contributed by atoms with Crippen molar-refractivity contribution in [2.24, 2.45) is 0 Å². The minimum absolute atomic E-state index is 0.173. The normalized spacial score (nSPS) is 21.2. The molecule has 2 aliphatic heterocycles. The molecule has 1 radical (unpaired) electrons. The Morgan fingerprint density at radius 3 is 2.02 bits per heavy atom. The molecule has 299 valence electrons. The van der Waals surface area contributed by atoms with Crippen LogP contribution in [0.4, 0.5) is 0 Å². The Hall–Kier alpha value is -4.21. The van der Waals surface area contributed by atoms with Crippen LogP contribution in [0.3, 0.4) is 0 Å². The van der Waals surface area contributed by atoms with Crippen molar-refractivity contribution in [1.29, 1.82) is 0 Å². The number of fused-ring (bicyclic) bond motifs is 6. The van der Waals surface area contributed by atoms with E-state index in [0.717, 1.165) is 78.3 Å². The van der Waals surface area contributed by atoms with E-state index in [1.807, 2.05) is 45.1 Å². The molecule has 2 unspecified atom stereocenters. The molecule has 5 heterocycles. The summed E-state index contributed by atoms with van der Waals surface area (Å²) < 4.78 is 19.5.